The smallest absolute Gasteiger partial charge is 0.341 e. The molecule has 0 saturated carbocycles. The van der Waals surface area contributed by atoms with E-state index in [0.717, 1.165) is 24.1 Å². The molecule has 0 fully saturated rings. The first-order valence-corrected chi connectivity index (χ1v) is 10.4. The SMILES string of the molecule is CCc1ccc(C(CNC(=O)c2ccc(S(=O)(=O)C(F)F)cc2)N(C)C)cc1. The van der Waals surface area contributed by atoms with E-state index in [2.05, 4.69) is 24.4 Å². The molecule has 0 spiro atoms. The van der Waals surface area contributed by atoms with Gasteiger partial charge in [-0.3, -0.25) is 4.79 Å². The number of benzene rings is 2. The van der Waals surface area contributed by atoms with E-state index in [4.69, 9.17) is 0 Å². The molecule has 2 aromatic carbocycles. The zero-order valence-electron chi connectivity index (χ0n) is 16.0. The van der Waals surface area contributed by atoms with Crippen molar-refractivity contribution < 1.29 is 22.0 Å². The molecule has 28 heavy (non-hydrogen) atoms. The molecule has 5 nitrogen and oxygen atoms in total. The summed E-state index contributed by atoms with van der Waals surface area (Å²) >= 11 is 0. The number of aryl methyl sites for hydroxylation is 1. The summed E-state index contributed by atoms with van der Waals surface area (Å²) in [5, 5.41) is 2.81. The predicted octanol–water partition coefficient (Wildman–Crippen LogP) is 3.28. The van der Waals surface area contributed by atoms with Crippen molar-refractivity contribution in [2.75, 3.05) is 20.6 Å². The zero-order valence-corrected chi connectivity index (χ0v) is 16.8. The second kappa shape index (κ2) is 9.25. The molecule has 152 valence electrons. The Labute approximate surface area is 164 Å². The summed E-state index contributed by atoms with van der Waals surface area (Å²) in [6, 6.07) is 12.6. The Hall–Kier alpha value is -2.32. The van der Waals surface area contributed by atoms with Gasteiger partial charge >= 0.3 is 5.76 Å². The van der Waals surface area contributed by atoms with Crippen molar-refractivity contribution in [3.63, 3.8) is 0 Å². The predicted molar refractivity (Wildman–Crippen MR) is 104 cm³/mol. The minimum atomic E-state index is -4.67. The number of sulfone groups is 1. The Bertz CT molecular complexity index is 896. The van der Waals surface area contributed by atoms with Gasteiger partial charge in [-0.1, -0.05) is 31.2 Å². The van der Waals surface area contributed by atoms with Crippen LogP contribution >= 0.6 is 0 Å². The number of carbonyl (C=O) groups is 1. The van der Waals surface area contributed by atoms with Gasteiger partial charge in [-0.15, -0.1) is 0 Å². The summed E-state index contributed by atoms with van der Waals surface area (Å²) in [7, 11) is -0.847. The van der Waals surface area contributed by atoms with E-state index >= 15 is 0 Å². The molecule has 1 unspecified atom stereocenters. The van der Waals surface area contributed by atoms with E-state index in [0.29, 0.717) is 6.54 Å². The Kier molecular flexibility index (Phi) is 7.26. The molecule has 0 aliphatic rings. The second-order valence-electron chi connectivity index (χ2n) is 6.61. The zero-order chi connectivity index (χ0) is 20.9. The first kappa shape index (κ1) is 22.0. The lowest BCUT2D eigenvalue weighted by atomic mass is 10.0. The molecule has 1 amide bonds. The van der Waals surface area contributed by atoms with Crippen LogP contribution in [0.4, 0.5) is 8.78 Å². The van der Waals surface area contributed by atoms with E-state index in [1.165, 1.54) is 17.7 Å². The van der Waals surface area contributed by atoms with Crippen molar-refractivity contribution in [3.8, 4) is 0 Å². The molecule has 8 heteroatoms. The van der Waals surface area contributed by atoms with Crippen molar-refractivity contribution in [3.05, 3.63) is 65.2 Å². The van der Waals surface area contributed by atoms with Crippen LogP contribution in [0.1, 0.15) is 34.5 Å². The fourth-order valence-electron chi connectivity index (χ4n) is 2.76. The van der Waals surface area contributed by atoms with Crippen molar-refractivity contribution in [1.29, 1.82) is 0 Å². The lowest BCUT2D eigenvalue weighted by Gasteiger charge is -2.25. The average molecular weight is 410 g/mol. The van der Waals surface area contributed by atoms with Gasteiger partial charge in [0.15, 0.2) is 0 Å². The van der Waals surface area contributed by atoms with Crippen molar-refractivity contribution >= 4 is 15.7 Å². The van der Waals surface area contributed by atoms with E-state index in [9.17, 15) is 22.0 Å². The van der Waals surface area contributed by atoms with Gasteiger partial charge in [-0.05, 0) is 55.9 Å². The van der Waals surface area contributed by atoms with Crippen LogP contribution in [-0.4, -0.2) is 45.6 Å². The Morgan fingerprint density at radius 1 is 1.04 bits per heavy atom. The van der Waals surface area contributed by atoms with Crippen molar-refractivity contribution in [2.24, 2.45) is 0 Å². The number of nitrogens with zero attached hydrogens (tertiary/aromatic N) is 1. The quantitative estimate of drug-likeness (QED) is 0.725. The van der Waals surface area contributed by atoms with Gasteiger partial charge < -0.3 is 10.2 Å². The maximum Gasteiger partial charge on any atom is 0.341 e. The number of alkyl halides is 2. The van der Waals surface area contributed by atoms with Crippen molar-refractivity contribution in [2.45, 2.75) is 30.0 Å². The standard InChI is InChI=1S/C20H24F2N2O3S/c1-4-14-5-7-15(8-6-14)18(24(2)3)13-23-19(25)16-9-11-17(12-10-16)28(26,27)20(21)22/h5-12,18,20H,4,13H2,1-3H3,(H,23,25). The third-order valence-corrected chi connectivity index (χ3v) is 5.93. The summed E-state index contributed by atoms with van der Waals surface area (Å²) in [5.41, 5.74) is 2.48. The van der Waals surface area contributed by atoms with Gasteiger partial charge in [-0.25, -0.2) is 8.42 Å². The number of hydrogen-bond donors (Lipinski definition) is 1. The Balaban J connectivity index is 2.08. The van der Waals surface area contributed by atoms with Crippen LogP contribution in [0.5, 0.6) is 0 Å². The molecule has 2 rings (SSSR count). The number of halogens is 2. The molecular weight excluding hydrogens is 386 g/mol. The van der Waals surface area contributed by atoms with Gasteiger partial charge in [0.25, 0.3) is 5.91 Å². The van der Waals surface area contributed by atoms with Gasteiger partial charge in [0, 0.05) is 12.1 Å². The lowest BCUT2D eigenvalue weighted by molar-refractivity contribution is 0.0942. The number of nitrogens with one attached hydrogen (secondary N) is 1. The summed E-state index contributed by atoms with van der Waals surface area (Å²) < 4.78 is 48.1. The highest BCUT2D eigenvalue weighted by atomic mass is 32.2. The molecule has 0 radical (unpaired) electrons. The van der Waals surface area contributed by atoms with Crippen LogP contribution in [0, 0.1) is 0 Å². The molecule has 1 N–H and O–H groups in total. The number of carbonyl (C=O) groups excluding carboxylic acids is 1. The highest BCUT2D eigenvalue weighted by molar-refractivity contribution is 7.91. The van der Waals surface area contributed by atoms with Crippen LogP contribution in [0.15, 0.2) is 53.4 Å². The molecule has 0 aliphatic carbocycles. The molecule has 0 saturated heterocycles. The summed E-state index contributed by atoms with van der Waals surface area (Å²) in [4.78, 5) is 13.8. The Morgan fingerprint density at radius 2 is 1.61 bits per heavy atom. The molecule has 0 bridgehead atoms. The summed E-state index contributed by atoms with van der Waals surface area (Å²) in [6.45, 7) is 2.42. The average Bonchev–Trinajstić information content (AvgIpc) is 2.68. The van der Waals surface area contributed by atoms with Crippen LogP contribution in [0.25, 0.3) is 0 Å². The van der Waals surface area contributed by atoms with Crippen LogP contribution in [0.3, 0.4) is 0 Å². The van der Waals surface area contributed by atoms with Gasteiger partial charge in [-0.2, -0.15) is 8.78 Å². The minimum absolute atomic E-state index is 0.0478. The van der Waals surface area contributed by atoms with E-state index in [-0.39, 0.29) is 11.6 Å². The summed E-state index contributed by atoms with van der Waals surface area (Å²) in [6.07, 6.45) is 0.945. The third kappa shape index (κ3) is 5.14. The van der Waals surface area contributed by atoms with Gasteiger partial charge in [0.1, 0.15) is 0 Å². The van der Waals surface area contributed by atoms with Crippen LogP contribution < -0.4 is 5.32 Å². The first-order valence-electron chi connectivity index (χ1n) is 8.82. The van der Waals surface area contributed by atoms with Crippen LogP contribution in [-0.2, 0) is 16.3 Å². The molecular formula is C20H24F2N2O3S. The van der Waals surface area contributed by atoms with Gasteiger partial charge in [0.2, 0.25) is 9.84 Å². The van der Waals surface area contributed by atoms with E-state index in [1.54, 1.807) is 0 Å². The molecule has 2 aromatic rings. The number of likely N-dealkylation sites (N-methyl/N-ethyl adjacent to an activating group) is 1. The number of hydrogen-bond acceptors (Lipinski definition) is 4. The second-order valence-corrected chi connectivity index (χ2v) is 8.53. The highest BCUT2D eigenvalue weighted by Crippen LogP contribution is 2.20. The fraction of sp³-hybridized carbons (Fsp3) is 0.350. The van der Waals surface area contributed by atoms with Crippen molar-refractivity contribution in [1.82, 2.24) is 10.2 Å². The largest absolute Gasteiger partial charge is 0.350 e. The van der Waals surface area contributed by atoms with E-state index in [1.807, 2.05) is 31.1 Å². The molecule has 0 aliphatic heterocycles. The number of rotatable bonds is 8. The summed E-state index contributed by atoms with van der Waals surface area (Å²) in [5.74, 6) is -3.90. The Morgan fingerprint density at radius 3 is 2.07 bits per heavy atom. The fourth-order valence-corrected chi connectivity index (χ4v) is 3.49. The topological polar surface area (TPSA) is 66.5 Å². The molecule has 0 aromatic heterocycles. The first-order chi connectivity index (χ1) is 13.2. The lowest BCUT2D eigenvalue weighted by Crippen LogP contribution is -2.34. The monoisotopic (exact) mass is 410 g/mol. The molecule has 0 heterocycles. The highest BCUT2D eigenvalue weighted by Gasteiger charge is 2.26. The minimum Gasteiger partial charge on any atom is -0.350 e. The molecule has 1 atom stereocenters. The van der Waals surface area contributed by atoms with Crippen LogP contribution in [0.2, 0.25) is 0 Å². The maximum absolute atomic E-state index is 12.6. The number of amides is 1. The normalized spacial score (nSPS) is 13.0. The van der Waals surface area contributed by atoms with Gasteiger partial charge in [0.05, 0.1) is 10.9 Å². The van der Waals surface area contributed by atoms with E-state index < -0.39 is 26.4 Å². The maximum atomic E-state index is 12.6. The third-order valence-electron chi connectivity index (χ3n) is 4.53.